The number of carboxylic acid groups (broad SMARTS) is 1. The number of rotatable bonds is 6. The number of pyridine rings is 1. The number of nitrogens with zero attached hydrogens (tertiary/aromatic N) is 2. The largest absolute Gasteiger partial charge is 0.477 e. The molecule has 0 radical (unpaired) electrons. The van der Waals surface area contributed by atoms with E-state index in [4.69, 9.17) is 4.74 Å². The number of aromatic nitrogens is 1. The SMILES string of the molecule is C[C@@H](O)[C@H]1C(=O)N2C(C(=O)O)=C(c3ccc(COC(=O)Nc4ccccn4)c(F)c3)C[C@H]12. The van der Waals surface area contributed by atoms with Crippen LogP contribution in [0.5, 0.6) is 0 Å². The van der Waals surface area contributed by atoms with Gasteiger partial charge in [0.15, 0.2) is 0 Å². The number of carbonyl (C=O) groups excluding carboxylic acids is 2. The van der Waals surface area contributed by atoms with E-state index in [0.29, 0.717) is 11.1 Å². The highest BCUT2D eigenvalue weighted by molar-refractivity contribution is 6.06. The van der Waals surface area contributed by atoms with E-state index in [-0.39, 0.29) is 30.1 Å². The Hall–Kier alpha value is -3.79. The molecule has 166 valence electrons. The fourth-order valence-corrected chi connectivity index (χ4v) is 4.10. The molecule has 9 nitrogen and oxygen atoms in total. The van der Waals surface area contributed by atoms with Crippen LogP contribution in [0.4, 0.5) is 15.0 Å². The number of aliphatic carboxylic acids is 1. The molecule has 0 spiro atoms. The van der Waals surface area contributed by atoms with Gasteiger partial charge in [-0.2, -0.15) is 0 Å². The van der Waals surface area contributed by atoms with Crippen LogP contribution in [-0.2, 0) is 20.9 Å². The molecule has 2 aliphatic heterocycles. The van der Waals surface area contributed by atoms with E-state index in [2.05, 4.69) is 10.3 Å². The third kappa shape index (κ3) is 3.80. The monoisotopic (exact) mass is 441 g/mol. The number of benzene rings is 1. The Kier molecular flexibility index (Phi) is 5.62. The summed E-state index contributed by atoms with van der Waals surface area (Å²) in [6, 6.07) is 8.54. The third-order valence-electron chi connectivity index (χ3n) is 5.59. The standard InChI is InChI=1S/C22H20FN3O6/c1-11(27)18-16-9-14(19(21(29)30)26(16)20(18)28)12-5-6-13(15(23)8-12)10-32-22(31)25-17-4-2-3-7-24-17/h2-8,11,16,18,27H,9-10H2,1H3,(H,29,30)(H,24,25,31)/t11-,16-,18-/m1/s1. The van der Waals surface area contributed by atoms with Gasteiger partial charge in [-0.15, -0.1) is 0 Å². The van der Waals surface area contributed by atoms with Crippen LogP contribution in [0.25, 0.3) is 5.57 Å². The minimum Gasteiger partial charge on any atom is -0.477 e. The number of fused-ring (bicyclic) bond motifs is 1. The van der Waals surface area contributed by atoms with Gasteiger partial charge in [0.25, 0.3) is 0 Å². The zero-order valence-electron chi connectivity index (χ0n) is 17.0. The Morgan fingerprint density at radius 3 is 2.75 bits per heavy atom. The molecule has 0 aliphatic carbocycles. The molecule has 0 saturated carbocycles. The number of carbonyl (C=O) groups is 3. The van der Waals surface area contributed by atoms with Crippen LogP contribution in [0.15, 0.2) is 48.3 Å². The van der Waals surface area contributed by atoms with Gasteiger partial charge in [0.2, 0.25) is 5.91 Å². The van der Waals surface area contributed by atoms with Crippen molar-refractivity contribution in [1.82, 2.24) is 9.88 Å². The summed E-state index contributed by atoms with van der Waals surface area (Å²) in [7, 11) is 0. The van der Waals surface area contributed by atoms with Crippen molar-refractivity contribution in [2.45, 2.75) is 32.1 Å². The smallest absolute Gasteiger partial charge is 0.413 e. The van der Waals surface area contributed by atoms with Crippen molar-refractivity contribution >= 4 is 29.4 Å². The second kappa shape index (κ2) is 8.39. The summed E-state index contributed by atoms with van der Waals surface area (Å²) in [4.78, 5) is 41.1. The molecule has 3 atom stereocenters. The van der Waals surface area contributed by atoms with Crippen LogP contribution in [0.1, 0.15) is 24.5 Å². The number of amides is 2. The van der Waals surface area contributed by atoms with Crippen LogP contribution < -0.4 is 5.32 Å². The van der Waals surface area contributed by atoms with Crippen molar-refractivity contribution in [2.75, 3.05) is 5.32 Å². The molecular weight excluding hydrogens is 421 g/mol. The maximum absolute atomic E-state index is 14.7. The molecule has 4 rings (SSSR count). The van der Waals surface area contributed by atoms with Crippen LogP contribution in [0, 0.1) is 11.7 Å². The minimum atomic E-state index is -1.29. The highest BCUT2D eigenvalue weighted by Gasteiger charge is 2.56. The van der Waals surface area contributed by atoms with E-state index >= 15 is 0 Å². The lowest BCUT2D eigenvalue weighted by atomic mass is 9.82. The van der Waals surface area contributed by atoms with E-state index in [9.17, 15) is 29.0 Å². The Balaban J connectivity index is 1.49. The molecule has 2 aromatic rings. The Morgan fingerprint density at radius 2 is 2.12 bits per heavy atom. The number of hydrogen-bond acceptors (Lipinski definition) is 6. The van der Waals surface area contributed by atoms with Crippen LogP contribution in [-0.4, -0.2) is 50.2 Å². The molecule has 3 N–H and O–H groups in total. The second-order valence-electron chi connectivity index (χ2n) is 7.60. The van der Waals surface area contributed by atoms with E-state index < -0.39 is 41.9 Å². The average Bonchev–Trinajstić information content (AvgIpc) is 3.08. The maximum Gasteiger partial charge on any atom is 0.413 e. The van der Waals surface area contributed by atoms with Crippen LogP contribution in [0.2, 0.25) is 0 Å². The fraction of sp³-hybridized carbons (Fsp3) is 0.273. The van der Waals surface area contributed by atoms with Crippen molar-refractivity contribution in [3.05, 3.63) is 65.2 Å². The van der Waals surface area contributed by atoms with Gasteiger partial charge < -0.3 is 19.8 Å². The molecule has 10 heteroatoms. The first-order valence-corrected chi connectivity index (χ1v) is 9.89. The molecule has 1 aromatic heterocycles. The Morgan fingerprint density at radius 1 is 1.34 bits per heavy atom. The Bertz CT molecular complexity index is 1120. The topological polar surface area (TPSA) is 129 Å². The number of anilines is 1. The van der Waals surface area contributed by atoms with Gasteiger partial charge in [-0.25, -0.2) is 19.0 Å². The van der Waals surface area contributed by atoms with Crippen LogP contribution in [0.3, 0.4) is 0 Å². The fourth-order valence-electron chi connectivity index (χ4n) is 4.10. The van der Waals surface area contributed by atoms with Gasteiger partial charge in [-0.3, -0.25) is 10.1 Å². The summed E-state index contributed by atoms with van der Waals surface area (Å²) < 4.78 is 19.7. The molecular formula is C22H20FN3O6. The number of halogens is 1. The lowest BCUT2D eigenvalue weighted by Crippen LogP contribution is -2.61. The highest BCUT2D eigenvalue weighted by atomic mass is 19.1. The van der Waals surface area contributed by atoms with Crippen molar-refractivity contribution in [3.63, 3.8) is 0 Å². The van der Waals surface area contributed by atoms with Crippen molar-refractivity contribution in [2.24, 2.45) is 5.92 Å². The van der Waals surface area contributed by atoms with E-state index in [0.717, 1.165) is 11.0 Å². The molecule has 1 fully saturated rings. The first kappa shape index (κ1) is 21.4. The van der Waals surface area contributed by atoms with Gasteiger partial charge in [-0.05, 0) is 42.7 Å². The summed E-state index contributed by atoms with van der Waals surface area (Å²) in [6.07, 6.45) is -0.0146. The summed E-state index contributed by atoms with van der Waals surface area (Å²) in [5.41, 5.74) is 0.531. The van der Waals surface area contributed by atoms with Crippen molar-refractivity contribution < 1.29 is 33.7 Å². The molecule has 3 heterocycles. The quantitative estimate of drug-likeness (QED) is 0.587. The van der Waals surface area contributed by atoms with E-state index in [1.165, 1.54) is 25.3 Å². The maximum atomic E-state index is 14.7. The number of nitrogens with one attached hydrogen (secondary N) is 1. The van der Waals surface area contributed by atoms with Crippen molar-refractivity contribution in [1.29, 1.82) is 0 Å². The molecule has 32 heavy (non-hydrogen) atoms. The lowest BCUT2D eigenvalue weighted by Gasteiger charge is -2.44. The number of carboxylic acids is 1. The molecule has 0 bridgehead atoms. The molecule has 2 aliphatic rings. The predicted octanol–water partition coefficient (Wildman–Crippen LogP) is 2.38. The predicted molar refractivity (Wildman–Crippen MR) is 109 cm³/mol. The molecule has 1 aromatic carbocycles. The number of aliphatic hydroxyl groups is 1. The summed E-state index contributed by atoms with van der Waals surface area (Å²) >= 11 is 0. The normalized spacial score (nSPS) is 20.5. The first-order chi connectivity index (χ1) is 15.3. The molecule has 0 unspecified atom stereocenters. The van der Waals surface area contributed by atoms with E-state index in [1.54, 1.807) is 18.2 Å². The zero-order valence-corrected chi connectivity index (χ0v) is 17.0. The van der Waals surface area contributed by atoms with Crippen LogP contribution >= 0.6 is 0 Å². The van der Waals surface area contributed by atoms with Gasteiger partial charge >= 0.3 is 12.1 Å². The van der Waals surface area contributed by atoms with Gasteiger partial charge in [0.1, 0.15) is 23.9 Å². The summed E-state index contributed by atoms with van der Waals surface area (Å²) in [5, 5.41) is 21.9. The average molecular weight is 441 g/mol. The van der Waals surface area contributed by atoms with Gasteiger partial charge in [-0.1, -0.05) is 18.2 Å². The highest BCUT2D eigenvalue weighted by Crippen LogP contribution is 2.47. The second-order valence-corrected chi connectivity index (χ2v) is 7.60. The number of ether oxygens (including phenoxy) is 1. The lowest BCUT2D eigenvalue weighted by molar-refractivity contribution is -0.161. The summed E-state index contributed by atoms with van der Waals surface area (Å²) in [6.45, 7) is 1.14. The molecule has 2 amide bonds. The Labute approximate surface area is 182 Å². The van der Waals surface area contributed by atoms with Crippen molar-refractivity contribution in [3.8, 4) is 0 Å². The van der Waals surface area contributed by atoms with Gasteiger partial charge in [0, 0.05) is 11.8 Å². The number of β-lactam (4-membered cyclic amide) rings is 1. The number of aliphatic hydroxyl groups excluding tert-OH is 1. The minimum absolute atomic E-state index is 0.0987. The summed E-state index contributed by atoms with van der Waals surface area (Å²) in [5.74, 6) is -2.83. The third-order valence-corrected chi connectivity index (χ3v) is 5.59. The van der Waals surface area contributed by atoms with Gasteiger partial charge in [0.05, 0.1) is 18.1 Å². The first-order valence-electron chi connectivity index (χ1n) is 9.89. The van der Waals surface area contributed by atoms with E-state index in [1.807, 2.05) is 0 Å². The molecule has 1 saturated heterocycles. The number of hydrogen-bond donors (Lipinski definition) is 3. The zero-order chi connectivity index (χ0) is 23.0.